The lowest BCUT2D eigenvalue weighted by atomic mass is 10.1. The molecule has 0 aliphatic rings. The van der Waals surface area contributed by atoms with Crippen molar-refractivity contribution in [3.05, 3.63) is 74.7 Å². The quantitative estimate of drug-likeness (QED) is 0.230. The van der Waals surface area contributed by atoms with Gasteiger partial charge >= 0.3 is 5.69 Å². The van der Waals surface area contributed by atoms with E-state index in [0.717, 1.165) is 10.9 Å². The van der Waals surface area contributed by atoms with Crippen LogP contribution in [0.4, 0.5) is 5.69 Å². The zero-order chi connectivity index (χ0) is 18.0. The summed E-state index contributed by atoms with van der Waals surface area (Å²) in [6.07, 6.45) is 0. The lowest BCUT2D eigenvalue weighted by molar-refractivity contribution is -0.384. The van der Waals surface area contributed by atoms with Gasteiger partial charge in [0.2, 0.25) is 0 Å². The number of Topliss-reactive ketones (excluding diaryl/α,β-unsaturated/α-hetero) is 1. The molecule has 126 valence electrons. The second-order valence-corrected chi connectivity index (χ2v) is 6.26. The second kappa shape index (κ2) is 6.86. The topological polar surface area (TPSA) is 95.1 Å². The summed E-state index contributed by atoms with van der Waals surface area (Å²) < 4.78 is 1.46. The number of carbonyl (C=O) groups excluding carboxylic acids is 1. The average molecular weight is 355 g/mol. The van der Waals surface area contributed by atoms with Crippen molar-refractivity contribution in [1.82, 2.24) is 9.55 Å². The third-order valence-corrected chi connectivity index (χ3v) is 4.71. The minimum absolute atomic E-state index is 0.0663. The second-order valence-electron chi connectivity index (χ2n) is 5.29. The number of nitrogens with zero attached hydrogens (tertiary/aromatic N) is 3. The Morgan fingerprint density at radius 1 is 1.20 bits per heavy atom. The van der Waals surface area contributed by atoms with E-state index in [4.69, 9.17) is 0 Å². The summed E-state index contributed by atoms with van der Waals surface area (Å²) in [6.45, 7) is 0. The number of ketones is 1. The first-order valence-electron chi connectivity index (χ1n) is 7.33. The highest BCUT2D eigenvalue weighted by Crippen LogP contribution is 2.25. The number of rotatable bonds is 5. The molecule has 7 nitrogen and oxygen atoms in total. The average Bonchev–Trinajstić information content (AvgIpc) is 2.63. The fourth-order valence-electron chi connectivity index (χ4n) is 2.37. The number of hydrogen-bond acceptors (Lipinski definition) is 6. The molecule has 0 N–H and O–H groups in total. The van der Waals surface area contributed by atoms with Crippen LogP contribution in [0.5, 0.6) is 0 Å². The van der Waals surface area contributed by atoms with E-state index in [0.29, 0.717) is 10.6 Å². The minimum atomic E-state index is -0.515. The number of hydrogen-bond donors (Lipinski definition) is 0. The SMILES string of the molecule is Cn1c(=O)nc(SCC(=O)c2ccc([N+](=O)[O-])cc2)c2ccccc21. The van der Waals surface area contributed by atoms with Gasteiger partial charge in [0.25, 0.3) is 5.69 Å². The van der Waals surface area contributed by atoms with Gasteiger partial charge in [-0.3, -0.25) is 19.5 Å². The van der Waals surface area contributed by atoms with Crippen molar-refractivity contribution in [1.29, 1.82) is 0 Å². The predicted octanol–water partition coefficient (Wildman–Crippen LogP) is 2.82. The van der Waals surface area contributed by atoms with Gasteiger partial charge in [0.15, 0.2) is 5.78 Å². The monoisotopic (exact) mass is 355 g/mol. The molecule has 0 unspecified atom stereocenters. The van der Waals surface area contributed by atoms with Crippen molar-refractivity contribution in [3.63, 3.8) is 0 Å². The zero-order valence-corrected chi connectivity index (χ0v) is 14.0. The summed E-state index contributed by atoms with van der Waals surface area (Å²) in [5.74, 6) is -0.103. The lowest BCUT2D eigenvalue weighted by Gasteiger charge is -2.08. The van der Waals surface area contributed by atoms with Gasteiger partial charge < -0.3 is 0 Å². The number of carbonyl (C=O) groups is 1. The van der Waals surface area contributed by atoms with Gasteiger partial charge in [0.1, 0.15) is 5.03 Å². The highest BCUT2D eigenvalue weighted by atomic mass is 32.2. The van der Waals surface area contributed by atoms with Crippen LogP contribution in [0.1, 0.15) is 10.4 Å². The molecule has 1 aromatic heterocycles. The van der Waals surface area contributed by atoms with Crippen LogP contribution < -0.4 is 5.69 Å². The number of thioether (sulfide) groups is 1. The van der Waals surface area contributed by atoms with Crippen LogP contribution in [0.15, 0.2) is 58.4 Å². The summed E-state index contributed by atoms with van der Waals surface area (Å²) in [5, 5.41) is 11.9. The molecule has 0 fully saturated rings. The first-order valence-corrected chi connectivity index (χ1v) is 8.32. The standard InChI is InChI=1S/C17H13N3O4S/c1-19-14-5-3-2-4-13(14)16(18-17(19)22)25-10-15(21)11-6-8-12(9-7-11)20(23)24/h2-9H,10H2,1H3. The van der Waals surface area contributed by atoms with Crippen molar-refractivity contribution >= 4 is 34.1 Å². The van der Waals surface area contributed by atoms with E-state index >= 15 is 0 Å². The first kappa shape index (κ1) is 16.8. The van der Waals surface area contributed by atoms with E-state index in [9.17, 15) is 19.7 Å². The fourth-order valence-corrected chi connectivity index (χ4v) is 3.27. The number of aryl methyl sites for hydroxylation is 1. The fraction of sp³-hybridized carbons (Fsp3) is 0.118. The van der Waals surface area contributed by atoms with Crippen LogP contribution in [-0.4, -0.2) is 26.0 Å². The Morgan fingerprint density at radius 3 is 2.56 bits per heavy atom. The highest BCUT2D eigenvalue weighted by molar-refractivity contribution is 8.00. The molecule has 0 bridgehead atoms. The zero-order valence-electron chi connectivity index (χ0n) is 13.2. The molecule has 0 atom stereocenters. The van der Waals surface area contributed by atoms with Crippen LogP contribution in [0.25, 0.3) is 10.9 Å². The molecule has 1 heterocycles. The molecule has 2 aromatic carbocycles. The Morgan fingerprint density at radius 2 is 1.88 bits per heavy atom. The number of nitro benzene ring substituents is 1. The van der Waals surface area contributed by atoms with Crippen LogP contribution in [0.3, 0.4) is 0 Å². The molecule has 3 rings (SSSR count). The third kappa shape index (κ3) is 3.43. The molecule has 0 aliphatic heterocycles. The molecule has 0 saturated heterocycles. The van der Waals surface area contributed by atoms with Gasteiger partial charge in [-0.25, -0.2) is 4.79 Å². The van der Waals surface area contributed by atoms with Gasteiger partial charge in [0.05, 0.1) is 16.2 Å². The van der Waals surface area contributed by atoms with Crippen LogP contribution in [-0.2, 0) is 7.05 Å². The van der Waals surface area contributed by atoms with E-state index in [2.05, 4.69) is 4.98 Å². The van der Waals surface area contributed by atoms with Gasteiger partial charge in [-0.1, -0.05) is 30.0 Å². The van der Waals surface area contributed by atoms with Crippen molar-refractivity contribution in [3.8, 4) is 0 Å². The molecule has 3 aromatic rings. The Labute approximate surface area is 146 Å². The van der Waals surface area contributed by atoms with Gasteiger partial charge in [0, 0.05) is 30.1 Å². The number of para-hydroxylation sites is 1. The molecular weight excluding hydrogens is 342 g/mol. The molecule has 25 heavy (non-hydrogen) atoms. The van der Waals surface area contributed by atoms with Crippen LogP contribution >= 0.6 is 11.8 Å². The number of aromatic nitrogens is 2. The summed E-state index contributed by atoms with van der Waals surface area (Å²) in [7, 11) is 1.65. The van der Waals surface area contributed by atoms with E-state index in [1.54, 1.807) is 7.05 Å². The van der Waals surface area contributed by atoms with Crippen molar-refractivity contribution in [2.75, 3.05) is 5.75 Å². The van der Waals surface area contributed by atoms with Crippen molar-refractivity contribution < 1.29 is 9.72 Å². The molecule has 0 saturated carbocycles. The van der Waals surface area contributed by atoms with Gasteiger partial charge in [-0.2, -0.15) is 4.98 Å². The molecule has 0 amide bonds. The highest BCUT2D eigenvalue weighted by Gasteiger charge is 2.13. The molecule has 8 heteroatoms. The number of nitro groups is 1. The van der Waals surface area contributed by atoms with Gasteiger partial charge in [-0.15, -0.1) is 0 Å². The van der Waals surface area contributed by atoms with Crippen LogP contribution in [0.2, 0.25) is 0 Å². The summed E-state index contributed by atoms with van der Waals surface area (Å²) in [6, 6.07) is 12.8. The first-order chi connectivity index (χ1) is 12.0. The molecule has 0 aliphatic carbocycles. The van der Waals surface area contributed by atoms with E-state index in [-0.39, 0.29) is 22.9 Å². The number of non-ortho nitro benzene ring substituents is 1. The van der Waals surface area contributed by atoms with Crippen molar-refractivity contribution in [2.45, 2.75) is 5.03 Å². The van der Waals surface area contributed by atoms with E-state index in [1.165, 1.54) is 40.6 Å². The summed E-state index contributed by atoms with van der Waals surface area (Å²) in [4.78, 5) is 38.4. The smallest absolute Gasteiger partial charge is 0.295 e. The molecule has 0 spiro atoms. The Balaban J connectivity index is 1.83. The Kier molecular flexibility index (Phi) is 4.62. The maximum absolute atomic E-state index is 12.3. The maximum Gasteiger partial charge on any atom is 0.348 e. The van der Waals surface area contributed by atoms with E-state index < -0.39 is 4.92 Å². The number of benzene rings is 2. The summed E-state index contributed by atoms with van der Waals surface area (Å²) in [5.41, 5.74) is 0.673. The van der Waals surface area contributed by atoms with Crippen LogP contribution in [0, 0.1) is 10.1 Å². The molecule has 0 radical (unpaired) electrons. The Hall–Kier alpha value is -3.00. The Bertz CT molecular complexity index is 1030. The minimum Gasteiger partial charge on any atom is -0.295 e. The number of fused-ring (bicyclic) bond motifs is 1. The maximum atomic E-state index is 12.3. The summed E-state index contributed by atoms with van der Waals surface area (Å²) >= 11 is 1.18. The molecular formula is C17H13N3O4S. The van der Waals surface area contributed by atoms with E-state index in [1.807, 2.05) is 24.3 Å². The lowest BCUT2D eigenvalue weighted by Crippen LogP contribution is -2.21. The van der Waals surface area contributed by atoms with Gasteiger partial charge in [-0.05, 0) is 18.2 Å². The third-order valence-electron chi connectivity index (χ3n) is 3.72. The van der Waals surface area contributed by atoms with Crippen molar-refractivity contribution in [2.24, 2.45) is 7.05 Å². The largest absolute Gasteiger partial charge is 0.348 e. The predicted molar refractivity (Wildman–Crippen MR) is 95.1 cm³/mol. The normalized spacial score (nSPS) is 10.8.